The van der Waals surface area contributed by atoms with E-state index in [1.54, 1.807) is 0 Å². The molecule has 3 aliphatic heterocycles. The lowest BCUT2D eigenvalue weighted by atomic mass is 9.81. The van der Waals surface area contributed by atoms with Crippen LogP contribution in [0.2, 0.25) is 0 Å². The number of aromatic nitrogens is 2. The molecule has 0 saturated carbocycles. The van der Waals surface area contributed by atoms with Crippen LogP contribution >= 0.6 is 9.24 Å². The quantitative estimate of drug-likeness (QED) is 0.349. The molecule has 6 rings (SSSR count). The van der Waals surface area contributed by atoms with E-state index in [0.29, 0.717) is 47.0 Å². The maximum absolute atomic E-state index is 15.5. The molecule has 2 N–H and O–H groups in total. The van der Waals surface area contributed by atoms with E-state index >= 15 is 4.39 Å². The summed E-state index contributed by atoms with van der Waals surface area (Å²) in [6.07, 6.45) is 8.29. The number of nitrogens with zero attached hydrogens (tertiary/aromatic N) is 4. The van der Waals surface area contributed by atoms with Crippen LogP contribution < -0.4 is 5.32 Å². The van der Waals surface area contributed by atoms with Gasteiger partial charge < -0.3 is 19.9 Å². The molecule has 3 atom stereocenters. The van der Waals surface area contributed by atoms with Gasteiger partial charge in [0.2, 0.25) is 0 Å². The molecule has 0 radical (unpaired) electrons. The minimum absolute atomic E-state index is 0.259. The Hall–Kier alpha value is -3.01. The summed E-state index contributed by atoms with van der Waals surface area (Å²) < 4.78 is 21.3. The molecule has 42 heavy (non-hydrogen) atoms. The average Bonchev–Trinajstić information content (AvgIpc) is 3.74. The van der Waals surface area contributed by atoms with E-state index in [2.05, 4.69) is 70.1 Å². The van der Waals surface area contributed by atoms with Crippen molar-refractivity contribution in [3.05, 3.63) is 57.1 Å². The van der Waals surface area contributed by atoms with E-state index in [9.17, 15) is 5.26 Å². The van der Waals surface area contributed by atoms with Crippen LogP contribution in [0.4, 0.5) is 4.39 Å². The zero-order valence-corrected chi connectivity index (χ0v) is 27.8. The Balaban J connectivity index is 0.000000482. The van der Waals surface area contributed by atoms with Crippen molar-refractivity contribution in [2.75, 3.05) is 26.3 Å². The maximum Gasteiger partial charge on any atom is 0.198 e. The number of aryl methyl sites for hydroxylation is 1. The second-order valence-corrected chi connectivity index (χ2v) is 11.5. The van der Waals surface area contributed by atoms with Gasteiger partial charge in [0.15, 0.2) is 5.96 Å². The molecule has 1 aliphatic carbocycles. The summed E-state index contributed by atoms with van der Waals surface area (Å²) in [6, 6.07) is 1.98. The molecular weight excluding hydrogens is 546 g/mol. The molecule has 9 heteroatoms. The van der Waals surface area contributed by atoms with E-state index < -0.39 is 5.82 Å². The van der Waals surface area contributed by atoms with Gasteiger partial charge in [0, 0.05) is 41.5 Å². The standard InChI is InChI=1S/C24H24FN6OP.C4H10.C3H8.C2H6/c1-11-3-4-31(8-11)24-28-6-14-15-9-32-10-16(15)18(22(33)21(14)30-24)20-17(25)7-27-23-19(20)13(5-26)12(2)29-23;1-3-4-2;1-3-2;1-2/h6-7,11,21H,3-4,8-10,33H2,1-2H3,(H,27,29)(H,28,30);3-4H2,1-2H3;3H2,1-2H3;1-2H3. The Labute approximate surface area is 253 Å². The third-order valence-corrected chi connectivity index (χ3v) is 8.15. The molecule has 5 heterocycles. The topological polar surface area (TPSA) is 89.3 Å². The summed E-state index contributed by atoms with van der Waals surface area (Å²) in [7, 11) is 2.81. The number of unbranched alkanes of at least 4 members (excludes halogenated alkanes) is 1. The second-order valence-electron chi connectivity index (χ2n) is 10.9. The van der Waals surface area contributed by atoms with Gasteiger partial charge in [0.25, 0.3) is 0 Å². The van der Waals surface area contributed by atoms with E-state index in [1.165, 1.54) is 25.5 Å². The molecule has 2 aromatic rings. The van der Waals surface area contributed by atoms with Gasteiger partial charge in [0.05, 0.1) is 25.0 Å². The Morgan fingerprint density at radius 3 is 2.43 bits per heavy atom. The van der Waals surface area contributed by atoms with Crippen LogP contribution in [0.3, 0.4) is 0 Å². The number of fused-ring (bicyclic) bond motifs is 3. The molecule has 228 valence electrons. The zero-order chi connectivity index (χ0) is 31.0. The van der Waals surface area contributed by atoms with Crippen molar-refractivity contribution in [2.24, 2.45) is 10.9 Å². The Kier molecular flexibility index (Phi) is 12.3. The van der Waals surface area contributed by atoms with Gasteiger partial charge in [-0.2, -0.15) is 5.26 Å². The fraction of sp³-hybridized carbons (Fsp3) is 0.545. The summed E-state index contributed by atoms with van der Waals surface area (Å²) in [5.41, 5.74) is 5.81. The number of aliphatic imine (C=N–C) groups is 1. The first-order chi connectivity index (χ1) is 20.3. The fourth-order valence-corrected chi connectivity index (χ4v) is 5.97. The zero-order valence-electron chi connectivity index (χ0n) is 26.6. The van der Waals surface area contributed by atoms with Crippen molar-refractivity contribution in [3.8, 4) is 6.07 Å². The summed E-state index contributed by atoms with van der Waals surface area (Å²) in [5, 5.41) is 14.6. The molecule has 2 aromatic heterocycles. The smallest absolute Gasteiger partial charge is 0.198 e. The number of likely N-dealkylation sites (tertiary alicyclic amines) is 1. The highest BCUT2D eigenvalue weighted by Gasteiger charge is 2.39. The largest absolute Gasteiger partial charge is 0.372 e. The lowest BCUT2D eigenvalue weighted by molar-refractivity contribution is 0.207. The highest BCUT2D eigenvalue weighted by molar-refractivity contribution is 7.23. The number of halogens is 1. The highest BCUT2D eigenvalue weighted by atomic mass is 31.0. The number of hydrogen-bond acceptors (Lipinski definition) is 6. The summed E-state index contributed by atoms with van der Waals surface area (Å²) >= 11 is 0. The maximum atomic E-state index is 15.5. The molecule has 1 fully saturated rings. The molecular formula is C33H48FN6OP. The molecule has 3 unspecified atom stereocenters. The van der Waals surface area contributed by atoms with E-state index in [4.69, 9.17) is 9.73 Å². The normalized spacial score (nSPS) is 20.5. The Bertz CT molecular complexity index is 1430. The van der Waals surface area contributed by atoms with Crippen LogP contribution in [0.25, 0.3) is 16.6 Å². The first-order valence-corrected chi connectivity index (χ1v) is 16.0. The van der Waals surface area contributed by atoms with E-state index in [1.807, 2.05) is 27.0 Å². The highest BCUT2D eigenvalue weighted by Crippen LogP contribution is 2.48. The number of pyridine rings is 1. The first-order valence-electron chi connectivity index (χ1n) is 15.5. The molecule has 7 nitrogen and oxygen atoms in total. The second kappa shape index (κ2) is 15.5. The van der Waals surface area contributed by atoms with Gasteiger partial charge in [-0.15, -0.1) is 9.24 Å². The summed E-state index contributed by atoms with van der Waals surface area (Å²) in [4.78, 5) is 14.7. The average molecular weight is 595 g/mol. The number of aromatic amines is 1. The fourth-order valence-electron chi connectivity index (χ4n) is 5.39. The molecule has 0 spiro atoms. The number of H-pyrrole nitrogens is 1. The third kappa shape index (κ3) is 6.63. The number of guanidine groups is 1. The Morgan fingerprint density at radius 1 is 1.17 bits per heavy atom. The molecule has 0 bridgehead atoms. The number of nitrogens with one attached hydrogen (secondary N) is 2. The van der Waals surface area contributed by atoms with Gasteiger partial charge in [-0.05, 0) is 41.3 Å². The van der Waals surface area contributed by atoms with E-state index in [0.717, 1.165) is 53.1 Å². The van der Waals surface area contributed by atoms with Crippen LogP contribution in [-0.4, -0.2) is 53.2 Å². The molecule has 4 aliphatic rings. The predicted octanol–water partition coefficient (Wildman–Crippen LogP) is 7.61. The minimum Gasteiger partial charge on any atom is -0.372 e. The van der Waals surface area contributed by atoms with E-state index in [-0.39, 0.29) is 6.04 Å². The lowest BCUT2D eigenvalue weighted by Crippen LogP contribution is -2.42. The van der Waals surface area contributed by atoms with Gasteiger partial charge in [-0.25, -0.2) is 14.4 Å². The number of rotatable bonds is 2. The van der Waals surface area contributed by atoms with Crippen LogP contribution in [-0.2, 0) is 4.74 Å². The lowest BCUT2D eigenvalue weighted by Gasteiger charge is -2.33. The van der Waals surface area contributed by atoms with Crippen LogP contribution in [0.5, 0.6) is 0 Å². The Morgan fingerprint density at radius 2 is 1.83 bits per heavy atom. The van der Waals surface area contributed by atoms with Gasteiger partial charge >= 0.3 is 0 Å². The summed E-state index contributed by atoms with van der Waals surface area (Å²) in [6.45, 7) is 19.5. The molecule has 0 aromatic carbocycles. The third-order valence-electron chi connectivity index (χ3n) is 7.54. The van der Waals surface area contributed by atoms with Gasteiger partial charge in [-0.3, -0.25) is 0 Å². The monoisotopic (exact) mass is 594 g/mol. The van der Waals surface area contributed by atoms with Crippen LogP contribution in [0, 0.1) is 30.0 Å². The molecule has 0 amide bonds. The van der Waals surface area contributed by atoms with Crippen molar-refractivity contribution in [1.82, 2.24) is 20.2 Å². The first kappa shape index (κ1) is 33.5. The van der Waals surface area contributed by atoms with Gasteiger partial charge in [-0.1, -0.05) is 67.7 Å². The van der Waals surface area contributed by atoms with Crippen LogP contribution in [0.1, 0.15) is 91.0 Å². The van der Waals surface area contributed by atoms with Crippen molar-refractivity contribution in [2.45, 2.75) is 87.1 Å². The minimum atomic E-state index is -0.453. The van der Waals surface area contributed by atoms with Crippen molar-refractivity contribution in [1.29, 1.82) is 5.26 Å². The number of ether oxygens (including phenoxy) is 1. The van der Waals surface area contributed by atoms with Crippen molar-refractivity contribution < 1.29 is 9.13 Å². The summed E-state index contributed by atoms with van der Waals surface area (Å²) in [5.74, 6) is 1.03. The molecule has 1 saturated heterocycles. The SMILES string of the molecule is CC.CCC.CCCC.Cc1[nH]c2ncc(F)c(C3=C(P)C4N=C(N5CCC(C)C5)NC=C4C4=C3COC4)c2c1C#N. The van der Waals surface area contributed by atoms with Crippen molar-refractivity contribution >= 4 is 31.8 Å². The predicted molar refractivity (Wildman–Crippen MR) is 176 cm³/mol. The van der Waals surface area contributed by atoms with Crippen LogP contribution in [0.15, 0.2) is 39.4 Å². The number of nitriles is 1. The van der Waals surface area contributed by atoms with Gasteiger partial charge in [0.1, 0.15) is 23.6 Å². The van der Waals surface area contributed by atoms with Crippen molar-refractivity contribution in [3.63, 3.8) is 0 Å². The number of hydrogen-bond donors (Lipinski definition) is 2.